The van der Waals surface area contributed by atoms with Crippen molar-refractivity contribution >= 4 is 72.4 Å². The number of nitrogens with one attached hydrogen (secondary N) is 4. The van der Waals surface area contributed by atoms with Gasteiger partial charge < -0.3 is 26.4 Å². The molecule has 4 rings (SSSR count). The van der Waals surface area contributed by atoms with Crippen molar-refractivity contribution < 1.29 is 29.1 Å². The maximum Gasteiger partial charge on any atom is 0.322 e. The first kappa shape index (κ1) is 28.7. The molecule has 4 amide bonds. The van der Waals surface area contributed by atoms with Crippen molar-refractivity contribution in [3.8, 4) is 0 Å². The molecule has 4 aromatic rings. The van der Waals surface area contributed by atoms with Crippen LogP contribution in [0.5, 0.6) is 0 Å². The van der Waals surface area contributed by atoms with Crippen molar-refractivity contribution in [2.24, 2.45) is 5.92 Å². The summed E-state index contributed by atoms with van der Waals surface area (Å²) < 4.78 is 1.86. The van der Waals surface area contributed by atoms with E-state index >= 15 is 0 Å². The molecule has 10 nitrogen and oxygen atoms in total. The average Bonchev–Trinajstić information content (AvgIpc) is 3.56. The SMILES string of the molecule is CC(C)[C@@H](NC(=O)c1cc2ccccc2s1)C(=O)NC(CNC(=O)c1cc2ccccc2s1)C(=O)NCC(=O)O. The van der Waals surface area contributed by atoms with Crippen molar-refractivity contribution in [3.63, 3.8) is 0 Å². The predicted molar refractivity (Wildman–Crippen MR) is 155 cm³/mol. The van der Waals surface area contributed by atoms with Gasteiger partial charge in [-0.15, -0.1) is 22.7 Å². The summed E-state index contributed by atoms with van der Waals surface area (Å²) in [5.41, 5.74) is 0. The van der Waals surface area contributed by atoms with Gasteiger partial charge in [-0.3, -0.25) is 24.0 Å². The zero-order valence-corrected chi connectivity index (χ0v) is 23.4. The van der Waals surface area contributed by atoms with E-state index in [1.807, 2.05) is 48.5 Å². The highest BCUT2D eigenvalue weighted by atomic mass is 32.1. The standard InChI is InChI=1S/C28H28N4O6S2/c1-15(2)24(32-27(37)22-12-17-8-4-6-10-20(17)40-22)28(38)31-18(25(35)30-14-23(33)34)13-29-26(36)21-11-16-7-3-5-9-19(16)39-21/h3-12,15,18,24H,13-14H2,1-2H3,(H,29,36)(H,30,35)(H,31,38)(H,32,37)(H,33,34)/t18?,24-/m1/s1. The largest absolute Gasteiger partial charge is 0.480 e. The molecule has 2 aromatic carbocycles. The lowest BCUT2D eigenvalue weighted by molar-refractivity contribution is -0.138. The number of carboxylic acid groups (broad SMARTS) is 1. The van der Waals surface area contributed by atoms with E-state index in [2.05, 4.69) is 21.3 Å². The number of hydrogen-bond acceptors (Lipinski definition) is 7. The summed E-state index contributed by atoms with van der Waals surface area (Å²) in [6.45, 7) is 2.54. The Morgan fingerprint density at radius 2 is 1.30 bits per heavy atom. The summed E-state index contributed by atoms with van der Waals surface area (Å²) in [7, 11) is 0. The summed E-state index contributed by atoms with van der Waals surface area (Å²) in [4.78, 5) is 63.7. The van der Waals surface area contributed by atoms with Gasteiger partial charge in [0.2, 0.25) is 11.8 Å². The molecule has 5 N–H and O–H groups in total. The van der Waals surface area contributed by atoms with Gasteiger partial charge in [-0.1, -0.05) is 50.2 Å². The monoisotopic (exact) mass is 580 g/mol. The highest BCUT2D eigenvalue weighted by Gasteiger charge is 2.30. The molecule has 0 aliphatic heterocycles. The van der Waals surface area contributed by atoms with Crippen LogP contribution in [0.3, 0.4) is 0 Å². The van der Waals surface area contributed by atoms with Crippen LogP contribution < -0.4 is 21.3 Å². The average molecular weight is 581 g/mol. The minimum absolute atomic E-state index is 0.292. The second kappa shape index (κ2) is 12.7. The van der Waals surface area contributed by atoms with Crippen LogP contribution in [0.2, 0.25) is 0 Å². The third-order valence-electron chi connectivity index (χ3n) is 6.05. The lowest BCUT2D eigenvalue weighted by Crippen LogP contribution is -2.58. The van der Waals surface area contributed by atoms with Crippen LogP contribution in [0.4, 0.5) is 0 Å². The van der Waals surface area contributed by atoms with E-state index < -0.39 is 48.2 Å². The third kappa shape index (κ3) is 7.01. The number of amides is 4. The molecular formula is C28H28N4O6S2. The fraction of sp³-hybridized carbons (Fsp3) is 0.250. The molecule has 2 atom stereocenters. The summed E-state index contributed by atoms with van der Waals surface area (Å²) in [6, 6.07) is 16.2. The minimum Gasteiger partial charge on any atom is -0.480 e. The van der Waals surface area contributed by atoms with Gasteiger partial charge in [-0.2, -0.15) is 0 Å². The molecule has 12 heteroatoms. The normalized spacial score (nSPS) is 12.6. The summed E-state index contributed by atoms with van der Waals surface area (Å²) >= 11 is 2.58. The number of carboxylic acids is 1. The van der Waals surface area contributed by atoms with Crippen molar-refractivity contribution in [2.75, 3.05) is 13.1 Å². The smallest absolute Gasteiger partial charge is 0.322 e. The molecule has 0 radical (unpaired) electrons. The molecule has 0 spiro atoms. The first-order valence-corrected chi connectivity index (χ1v) is 14.1. The lowest BCUT2D eigenvalue weighted by Gasteiger charge is -2.25. The van der Waals surface area contributed by atoms with Crippen LogP contribution in [0, 0.1) is 5.92 Å². The Labute approximate surface area is 237 Å². The van der Waals surface area contributed by atoms with E-state index in [9.17, 15) is 24.0 Å². The summed E-state index contributed by atoms with van der Waals surface area (Å²) in [6.07, 6.45) is 0. The van der Waals surface area contributed by atoms with Gasteiger partial charge in [0.25, 0.3) is 11.8 Å². The highest BCUT2D eigenvalue weighted by molar-refractivity contribution is 7.21. The minimum atomic E-state index is -1.28. The first-order chi connectivity index (χ1) is 19.1. The van der Waals surface area contributed by atoms with E-state index in [1.165, 1.54) is 22.7 Å². The van der Waals surface area contributed by atoms with E-state index in [4.69, 9.17) is 5.11 Å². The zero-order chi connectivity index (χ0) is 28.8. The van der Waals surface area contributed by atoms with Gasteiger partial charge in [-0.25, -0.2) is 0 Å². The molecule has 0 aliphatic rings. The number of thiophene rings is 2. The molecule has 40 heavy (non-hydrogen) atoms. The van der Waals surface area contributed by atoms with Crippen LogP contribution >= 0.6 is 22.7 Å². The van der Waals surface area contributed by atoms with Gasteiger partial charge in [0, 0.05) is 15.9 Å². The second-order valence-electron chi connectivity index (χ2n) is 9.37. The molecular weight excluding hydrogens is 552 g/mol. The Morgan fingerprint density at radius 1 is 0.750 bits per heavy atom. The molecule has 0 saturated carbocycles. The molecule has 0 aliphatic carbocycles. The number of benzene rings is 2. The maximum absolute atomic E-state index is 13.3. The number of rotatable bonds is 11. The summed E-state index contributed by atoms with van der Waals surface area (Å²) in [5, 5.41) is 21.0. The predicted octanol–water partition coefficient (Wildman–Crippen LogP) is 2.99. The highest BCUT2D eigenvalue weighted by Crippen LogP contribution is 2.26. The third-order valence-corrected chi connectivity index (χ3v) is 8.28. The van der Waals surface area contributed by atoms with Gasteiger partial charge >= 0.3 is 5.97 Å². The molecule has 0 saturated heterocycles. The van der Waals surface area contributed by atoms with Gasteiger partial charge in [0.05, 0.1) is 9.75 Å². The molecule has 208 valence electrons. The Bertz CT molecular complexity index is 1510. The number of aliphatic carboxylic acids is 1. The Balaban J connectivity index is 1.46. The fourth-order valence-electron chi connectivity index (χ4n) is 3.97. The van der Waals surface area contributed by atoms with E-state index in [0.29, 0.717) is 9.75 Å². The van der Waals surface area contributed by atoms with E-state index in [1.54, 1.807) is 26.0 Å². The van der Waals surface area contributed by atoms with Gasteiger partial charge in [-0.05, 0) is 41.0 Å². The second-order valence-corrected chi connectivity index (χ2v) is 11.5. The topological polar surface area (TPSA) is 154 Å². The molecule has 1 unspecified atom stereocenters. The van der Waals surface area contributed by atoms with Crippen LogP contribution in [0.1, 0.15) is 33.2 Å². The van der Waals surface area contributed by atoms with Crippen molar-refractivity contribution in [3.05, 3.63) is 70.4 Å². The van der Waals surface area contributed by atoms with Crippen LogP contribution in [-0.2, 0) is 14.4 Å². The Morgan fingerprint density at radius 3 is 1.82 bits per heavy atom. The van der Waals surface area contributed by atoms with Crippen molar-refractivity contribution in [1.29, 1.82) is 0 Å². The number of carbonyl (C=O) groups is 5. The molecule has 0 fully saturated rings. The van der Waals surface area contributed by atoms with Crippen LogP contribution in [0.25, 0.3) is 20.2 Å². The lowest BCUT2D eigenvalue weighted by atomic mass is 10.0. The molecule has 2 heterocycles. The quantitative estimate of drug-likeness (QED) is 0.184. The Kier molecular flexibility index (Phi) is 9.12. The van der Waals surface area contributed by atoms with Crippen LogP contribution in [-0.4, -0.2) is 59.9 Å². The number of fused-ring (bicyclic) bond motifs is 2. The van der Waals surface area contributed by atoms with E-state index in [-0.39, 0.29) is 12.5 Å². The summed E-state index contributed by atoms with van der Waals surface area (Å²) in [5.74, 6) is -3.90. The van der Waals surface area contributed by atoms with Crippen molar-refractivity contribution in [2.45, 2.75) is 25.9 Å². The number of hydrogen-bond donors (Lipinski definition) is 5. The van der Waals surface area contributed by atoms with Gasteiger partial charge in [0.1, 0.15) is 18.6 Å². The molecule has 2 aromatic heterocycles. The van der Waals surface area contributed by atoms with Crippen LogP contribution in [0.15, 0.2) is 60.7 Å². The maximum atomic E-state index is 13.3. The number of carbonyl (C=O) groups excluding carboxylic acids is 4. The zero-order valence-electron chi connectivity index (χ0n) is 21.7. The first-order valence-electron chi connectivity index (χ1n) is 12.5. The van der Waals surface area contributed by atoms with Gasteiger partial charge in [0.15, 0.2) is 0 Å². The fourth-order valence-corrected chi connectivity index (χ4v) is 5.92. The Hall–Kier alpha value is -4.29. The molecule has 0 bridgehead atoms. The van der Waals surface area contributed by atoms with Crippen molar-refractivity contribution in [1.82, 2.24) is 21.3 Å². The van der Waals surface area contributed by atoms with E-state index in [0.717, 1.165) is 20.2 Å².